The first-order chi connectivity index (χ1) is 6.61. The van der Waals surface area contributed by atoms with E-state index in [4.69, 9.17) is 4.42 Å². The molecule has 0 aliphatic rings. The molecule has 6 nitrogen and oxygen atoms in total. The number of fused-ring (bicyclic) bond motifs is 1. The summed E-state index contributed by atoms with van der Waals surface area (Å²) >= 11 is 0. The number of aromatic nitrogens is 3. The van der Waals surface area contributed by atoms with E-state index < -0.39 is 0 Å². The van der Waals surface area contributed by atoms with Crippen molar-refractivity contribution >= 4 is 11.8 Å². The number of rotatable bonds is 1. The summed E-state index contributed by atoms with van der Waals surface area (Å²) in [4.78, 5) is 16.9. The average molecular weight is 194 g/mol. The Hall–Kier alpha value is -1.85. The van der Waals surface area contributed by atoms with Crippen molar-refractivity contribution in [2.75, 3.05) is 14.1 Å². The Morgan fingerprint density at radius 1 is 1.57 bits per heavy atom. The molecule has 0 atom stereocenters. The number of carbonyl (C=O) groups excluding carboxylic acids is 1. The van der Waals surface area contributed by atoms with Gasteiger partial charge in [-0.15, -0.1) is 0 Å². The fourth-order valence-electron chi connectivity index (χ4n) is 1.19. The lowest BCUT2D eigenvalue weighted by Crippen LogP contribution is -2.22. The first-order valence-electron chi connectivity index (χ1n) is 4.12. The lowest BCUT2D eigenvalue weighted by Gasteiger charge is -2.06. The van der Waals surface area contributed by atoms with Gasteiger partial charge in [0.25, 0.3) is 5.91 Å². The van der Waals surface area contributed by atoms with Gasteiger partial charge in [-0.1, -0.05) is 0 Å². The minimum atomic E-state index is -0.185. The van der Waals surface area contributed by atoms with Crippen LogP contribution in [-0.2, 0) is 0 Å². The zero-order chi connectivity index (χ0) is 10.3. The molecular formula is C8H10N4O2. The number of hydrogen-bond acceptors (Lipinski definition) is 4. The molecular weight excluding hydrogens is 184 g/mol. The second kappa shape index (κ2) is 2.83. The molecule has 0 saturated carbocycles. The van der Waals surface area contributed by atoms with Crippen LogP contribution < -0.4 is 0 Å². The summed E-state index contributed by atoms with van der Waals surface area (Å²) in [5.74, 6) is 0.438. The van der Waals surface area contributed by atoms with Gasteiger partial charge in [0.05, 0.1) is 5.69 Å². The second-order valence-corrected chi connectivity index (χ2v) is 3.17. The van der Waals surface area contributed by atoms with Crippen LogP contribution in [0.5, 0.6) is 0 Å². The van der Waals surface area contributed by atoms with E-state index in [0.717, 1.165) is 0 Å². The molecule has 2 aromatic rings. The van der Waals surface area contributed by atoms with Gasteiger partial charge in [0.1, 0.15) is 6.33 Å². The monoisotopic (exact) mass is 194 g/mol. The molecule has 1 amide bonds. The van der Waals surface area contributed by atoms with Crippen molar-refractivity contribution in [3.05, 3.63) is 17.8 Å². The summed E-state index contributed by atoms with van der Waals surface area (Å²) in [5.41, 5.74) is 0.663. The van der Waals surface area contributed by atoms with Crippen LogP contribution in [0.3, 0.4) is 0 Å². The first-order valence-corrected chi connectivity index (χ1v) is 4.12. The maximum absolute atomic E-state index is 11.6. The predicted octanol–water partition coefficient (Wildman–Crippen LogP) is 0.333. The molecule has 14 heavy (non-hydrogen) atoms. The number of amides is 1. The highest BCUT2D eigenvalue weighted by molar-refractivity contribution is 5.92. The Balaban J connectivity index is 2.58. The number of oxazole rings is 1. The highest BCUT2D eigenvalue weighted by Gasteiger charge is 2.20. The van der Waals surface area contributed by atoms with Crippen LogP contribution in [0.4, 0.5) is 0 Å². The van der Waals surface area contributed by atoms with Gasteiger partial charge in [-0.2, -0.15) is 14.6 Å². The molecule has 2 rings (SSSR count). The lowest BCUT2D eigenvalue weighted by atomic mass is 10.3. The summed E-state index contributed by atoms with van der Waals surface area (Å²) in [5, 5.41) is 3.92. The normalized spacial score (nSPS) is 10.8. The number of carbonyl (C=O) groups is 1. The molecule has 0 aromatic carbocycles. The first kappa shape index (κ1) is 8.74. The van der Waals surface area contributed by atoms with Crippen LogP contribution in [0.25, 0.3) is 5.84 Å². The van der Waals surface area contributed by atoms with E-state index in [-0.39, 0.29) is 11.7 Å². The van der Waals surface area contributed by atoms with Crippen LogP contribution >= 0.6 is 0 Å². The quantitative estimate of drug-likeness (QED) is 0.656. The maximum atomic E-state index is 11.6. The summed E-state index contributed by atoms with van der Waals surface area (Å²) in [7, 11) is 3.33. The Labute approximate surface area is 80.1 Å². The molecule has 0 N–H and O–H groups in total. The zero-order valence-corrected chi connectivity index (χ0v) is 8.18. The number of hydrogen-bond donors (Lipinski definition) is 0. The van der Waals surface area contributed by atoms with Crippen LogP contribution in [0.2, 0.25) is 0 Å². The number of nitrogens with zero attached hydrogens (tertiary/aromatic N) is 4. The third-order valence-electron chi connectivity index (χ3n) is 1.96. The van der Waals surface area contributed by atoms with Gasteiger partial charge in [0, 0.05) is 14.1 Å². The molecule has 0 saturated heterocycles. The van der Waals surface area contributed by atoms with Crippen LogP contribution in [0.1, 0.15) is 16.2 Å². The van der Waals surface area contributed by atoms with Crippen molar-refractivity contribution in [2.45, 2.75) is 6.92 Å². The van der Waals surface area contributed by atoms with Crippen molar-refractivity contribution in [2.24, 2.45) is 0 Å². The van der Waals surface area contributed by atoms with E-state index in [1.54, 1.807) is 21.0 Å². The van der Waals surface area contributed by atoms with Crippen LogP contribution in [-0.4, -0.2) is 39.5 Å². The standard InChI is InChI=1S/C8H10N4O2/c1-5-6(7(13)11(2)3)14-8-9-4-10-12(5)8/h4H,1-3H3. The van der Waals surface area contributed by atoms with E-state index in [0.29, 0.717) is 11.5 Å². The molecule has 0 fully saturated rings. The molecule has 0 radical (unpaired) electrons. The van der Waals surface area contributed by atoms with Crippen molar-refractivity contribution in [1.82, 2.24) is 19.5 Å². The van der Waals surface area contributed by atoms with E-state index in [9.17, 15) is 4.79 Å². The van der Waals surface area contributed by atoms with Gasteiger partial charge >= 0.3 is 5.84 Å². The van der Waals surface area contributed by atoms with E-state index in [1.165, 1.54) is 15.7 Å². The van der Waals surface area contributed by atoms with Gasteiger partial charge in [-0.25, -0.2) is 0 Å². The highest BCUT2D eigenvalue weighted by atomic mass is 16.4. The maximum Gasteiger partial charge on any atom is 0.325 e. The minimum absolute atomic E-state index is 0.185. The van der Waals surface area contributed by atoms with Crippen molar-refractivity contribution in [3.63, 3.8) is 0 Å². The molecule has 6 heteroatoms. The fourth-order valence-corrected chi connectivity index (χ4v) is 1.19. The Bertz CT molecular complexity index is 482. The second-order valence-electron chi connectivity index (χ2n) is 3.17. The fraction of sp³-hybridized carbons (Fsp3) is 0.375. The van der Waals surface area contributed by atoms with Crippen LogP contribution in [0.15, 0.2) is 10.7 Å². The van der Waals surface area contributed by atoms with Gasteiger partial charge < -0.3 is 9.32 Å². The lowest BCUT2D eigenvalue weighted by molar-refractivity contribution is 0.0797. The highest BCUT2D eigenvalue weighted by Crippen LogP contribution is 2.14. The molecule has 0 aliphatic heterocycles. The number of aryl methyl sites for hydroxylation is 1. The van der Waals surface area contributed by atoms with E-state index in [2.05, 4.69) is 10.1 Å². The van der Waals surface area contributed by atoms with Crippen molar-refractivity contribution in [3.8, 4) is 0 Å². The van der Waals surface area contributed by atoms with Gasteiger partial charge in [-0.3, -0.25) is 4.79 Å². The van der Waals surface area contributed by atoms with E-state index >= 15 is 0 Å². The Morgan fingerprint density at radius 3 is 2.86 bits per heavy atom. The topological polar surface area (TPSA) is 63.6 Å². The van der Waals surface area contributed by atoms with Crippen molar-refractivity contribution in [1.29, 1.82) is 0 Å². The van der Waals surface area contributed by atoms with Gasteiger partial charge in [-0.05, 0) is 6.92 Å². The Kier molecular flexibility index (Phi) is 1.77. The molecule has 0 unspecified atom stereocenters. The molecule has 0 bridgehead atoms. The molecule has 74 valence electrons. The van der Waals surface area contributed by atoms with Gasteiger partial charge in [0.15, 0.2) is 0 Å². The largest absolute Gasteiger partial charge is 0.416 e. The Morgan fingerprint density at radius 2 is 2.29 bits per heavy atom. The van der Waals surface area contributed by atoms with Crippen molar-refractivity contribution < 1.29 is 9.21 Å². The minimum Gasteiger partial charge on any atom is -0.416 e. The third-order valence-corrected chi connectivity index (χ3v) is 1.96. The van der Waals surface area contributed by atoms with E-state index in [1.807, 2.05) is 0 Å². The summed E-state index contributed by atoms with van der Waals surface area (Å²) in [6.07, 6.45) is 1.38. The summed E-state index contributed by atoms with van der Waals surface area (Å²) in [6, 6.07) is 0. The molecule has 0 spiro atoms. The average Bonchev–Trinajstić information content (AvgIpc) is 2.68. The third kappa shape index (κ3) is 1.07. The van der Waals surface area contributed by atoms with Crippen LogP contribution in [0, 0.1) is 6.92 Å². The smallest absolute Gasteiger partial charge is 0.325 e. The molecule has 2 aromatic heterocycles. The zero-order valence-electron chi connectivity index (χ0n) is 8.18. The summed E-state index contributed by atoms with van der Waals surface area (Å²) < 4.78 is 6.76. The summed E-state index contributed by atoms with van der Waals surface area (Å²) in [6.45, 7) is 1.77. The molecule has 0 aliphatic carbocycles. The predicted molar refractivity (Wildman–Crippen MR) is 48.0 cm³/mol. The SMILES string of the molecule is Cc1c(C(=O)N(C)C)oc2ncnn12. The van der Waals surface area contributed by atoms with Gasteiger partial charge in [0.2, 0.25) is 5.76 Å². The molecule has 2 heterocycles.